The molecule has 0 unspecified atom stereocenters. The van der Waals surface area contributed by atoms with Gasteiger partial charge in [0.25, 0.3) is 11.8 Å². The smallest absolute Gasteiger partial charge is 0.289 e. The fraction of sp³-hybridized carbons (Fsp3) is 0.192. The quantitative estimate of drug-likeness (QED) is 0.354. The van der Waals surface area contributed by atoms with Crippen molar-refractivity contribution >= 4 is 28.9 Å². The first-order valence-corrected chi connectivity index (χ1v) is 12.1. The number of amides is 2. The van der Waals surface area contributed by atoms with E-state index in [1.54, 1.807) is 10.8 Å². The number of ketones is 1. The Balaban J connectivity index is 1.37. The van der Waals surface area contributed by atoms with Gasteiger partial charge >= 0.3 is 0 Å². The summed E-state index contributed by atoms with van der Waals surface area (Å²) in [6, 6.07) is 18.2. The van der Waals surface area contributed by atoms with E-state index >= 15 is 0 Å². The number of imidazole rings is 1. The Bertz CT molecular complexity index is 1350. The molecule has 9 heteroatoms. The highest BCUT2D eigenvalue weighted by atomic mass is 32.1. The van der Waals surface area contributed by atoms with Crippen molar-refractivity contribution < 1.29 is 14.4 Å². The standard InChI is InChI=1S/C26H23N5O3S/c32-23(25(34)29-19-11-12-19)20(13-17-7-3-1-4-8-17)30-24(33)21-14-27-16-31(21)26-28-15-22(35-26)18-9-5-2-6-10-18/h1-10,14-16,19-20H,11-13H2,(H,29,34)(H,30,33)/t20-/m0/s1. The number of benzene rings is 2. The highest BCUT2D eigenvalue weighted by Crippen LogP contribution is 2.28. The SMILES string of the molecule is O=C(NC1CC1)C(=O)[C@H](Cc1ccccc1)NC(=O)c1cncn1-c1ncc(-c2ccccc2)s1. The molecule has 2 aromatic heterocycles. The number of hydrogen-bond acceptors (Lipinski definition) is 6. The highest BCUT2D eigenvalue weighted by Gasteiger charge is 2.32. The van der Waals surface area contributed by atoms with Crippen molar-refractivity contribution in [3.05, 3.63) is 90.6 Å². The normalized spacial score (nSPS) is 13.7. The first-order valence-electron chi connectivity index (χ1n) is 11.3. The number of Topliss-reactive ketones (excluding diaryl/α,β-unsaturated/α-hetero) is 1. The van der Waals surface area contributed by atoms with Crippen LogP contribution in [0.25, 0.3) is 15.6 Å². The molecular formula is C26H23N5O3S. The zero-order valence-corrected chi connectivity index (χ0v) is 19.6. The third-order valence-corrected chi connectivity index (χ3v) is 6.72. The molecule has 2 heterocycles. The fourth-order valence-electron chi connectivity index (χ4n) is 3.66. The summed E-state index contributed by atoms with van der Waals surface area (Å²) in [5.74, 6) is -1.84. The molecule has 4 aromatic rings. The Labute approximate surface area is 206 Å². The van der Waals surface area contributed by atoms with E-state index < -0.39 is 23.6 Å². The van der Waals surface area contributed by atoms with Gasteiger partial charge in [-0.05, 0) is 24.0 Å². The number of hydrogen-bond donors (Lipinski definition) is 2. The number of rotatable bonds is 9. The Morgan fingerprint density at radius 1 is 1.00 bits per heavy atom. The minimum absolute atomic E-state index is 0.0460. The molecule has 2 N–H and O–H groups in total. The maximum Gasteiger partial charge on any atom is 0.289 e. The molecule has 5 rings (SSSR count). The second-order valence-electron chi connectivity index (χ2n) is 8.35. The Hall–Kier alpha value is -4.11. The number of carbonyl (C=O) groups is 3. The van der Waals surface area contributed by atoms with Crippen LogP contribution >= 0.6 is 11.3 Å². The molecule has 1 saturated carbocycles. The van der Waals surface area contributed by atoms with Gasteiger partial charge in [0.15, 0.2) is 5.13 Å². The van der Waals surface area contributed by atoms with Crippen LogP contribution in [0.3, 0.4) is 0 Å². The molecular weight excluding hydrogens is 462 g/mol. The average molecular weight is 486 g/mol. The summed E-state index contributed by atoms with van der Waals surface area (Å²) in [7, 11) is 0. The van der Waals surface area contributed by atoms with Crippen molar-refractivity contribution in [2.45, 2.75) is 31.3 Å². The van der Waals surface area contributed by atoms with Crippen LogP contribution in [-0.2, 0) is 16.0 Å². The molecule has 2 amide bonds. The van der Waals surface area contributed by atoms with Gasteiger partial charge in [0.05, 0.1) is 11.1 Å². The molecule has 1 aliphatic rings. The minimum atomic E-state index is -1.01. The predicted octanol–water partition coefficient (Wildman–Crippen LogP) is 3.18. The third kappa shape index (κ3) is 5.36. The van der Waals surface area contributed by atoms with Gasteiger partial charge in [-0.2, -0.15) is 0 Å². The van der Waals surface area contributed by atoms with Crippen molar-refractivity contribution in [3.63, 3.8) is 0 Å². The van der Waals surface area contributed by atoms with Gasteiger partial charge in [-0.15, -0.1) is 0 Å². The topological polar surface area (TPSA) is 106 Å². The van der Waals surface area contributed by atoms with Gasteiger partial charge in [0.2, 0.25) is 5.78 Å². The molecule has 0 spiro atoms. The van der Waals surface area contributed by atoms with E-state index in [0.29, 0.717) is 5.13 Å². The number of thiazole rings is 1. The second kappa shape index (κ2) is 10.0. The molecule has 1 aliphatic carbocycles. The number of nitrogens with zero attached hydrogens (tertiary/aromatic N) is 3. The van der Waals surface area contributed by atoms with Crippen molar-refractivity contribution in [2.24, 2.45) is 0 Å². The highest BCUT2D eigenvalue weighted by molar-refractivity contribution is 7.17. The van der Waals surface area contributed by atoms with Gasteiger partial charge in [0, 0.05) is 18.7 Å². The van der Waals surface area contributed by atoms with Crippen LogP contribution in [0, 0.1) is 0 Å². The predicted molar refractivity (Wildman–Crippen MR) is 132 cm³/mol. The van der Waals surface area contributed by atoms with Crippen molar-refractivity contribution in [2.75, 3.05) is 0 Å². The van der Waals surface area contributed by atoms with Crippen LogP contribution in [-0.4, -0.2) is 44.2 Å². The molecule has 8 nitrogen and oxygen atoms in total. The van der Waals surface area contributed by atoms with E-state index in [1.165, 1.54) is 23.9 Å². The minimum Gasteiger partial charge on any atom is -0.347 e. The van der Waals surface area contributed by atoms with Crippen LogP contribution in [0.5, 0.6) is 0 Å². The monoisotopic (exact) mass is 485 g/mol. The van der Waals surface area contributed by atoms with Crippen LogP contribution < -0.4 is 10.6 Å². The van der Waals surface area contributed by atoms with Gasteiger partial charge in [-0.25, -0.2) is 9.97 Å². The molecule has 176 valence electrons. The van der Waals surface area contributed by atoms with Gasteiger partial charge in [0.1, 0.15) is 18.1 Å². The zero-order chi connectivity index (χ0) is 24.2. The van der Waals surface area contributed by atoms with Crippen molar-refractivity contribution in [1.82, 2.24) is 25.2 Å². The molecule has 0 bridgehead atoms. The van der Waals surface area contributed by atoms with Gasteiger partial charge in [-0.1, -0.05) is 72.0 Å². The van der Waals surface area contributed by atoms with E-state index in [4.69, 9.17) is 0 Å². The van der Waals surface area contributed by atoms with E-state index in [9.17, 15) is 14.4 Å². The maximum atomic E-state index is 13.3. The first-order chi connectivity index (χ1) is 17.1. The fourth-order valence-corrected chi connectivity index (χ4v) is 4.57. The lowest BCUT2D eigenvalue weighted by molar-refractivity contribution is -0.139. The first kappa shape index (κ1) is 22.7. The third-order valence-electron chi connectivity index (χ3n) is 5.67. The summed E-state index contributed by atoms with van der Waals surface area (Å²) in [6.45, 7) is 0. The Kier molecular flexibility index (Phi) is 6.49. The lowest BCUT2D eigenvalue weighted by atomic mass is 10.0. The summed E-state index contributed by atoms with van der Waals surface area (Å²) in [5, 5.41) is 6.05. The molecule has 2 aromatic carbocycles. The van der Waals surface area contributed by atoms with Gasteiger partial charge in [-0.3, -0.25) is 19.0 Å². The van der Waals surface area contributed by atoms with E-state index in [0.717, 1.165) is 28.8 Å². The van der Waals surface area contributed by atoms with Crippen molar-refractivity contribution in [3.8, 4) is 15.6 Å². The van der Waals surface area contributed by atoms with Crippen LogP contribution in [0.2, 0.25) is 0 Å². The number of nitrogens with one attached hydrogen (secondary N) is 2. The van der Waals surface area contributed by atoms with E-state index in [-0.39, 0.29) is 18.2 Å². The summed E-state index contributed by atoms with van der Waals surface area (Å²) >= 11 is 1.42. The van der Waals surface area contributed by atoms with E-state index in [1.807, 2.05) is 60.7 Å². The average Bonchev–Trinajstić information content (AvgIpc) is 3.34. The number of carbonyl (C=O) groups excluding carboxylic acids is 3. The van der Waals surface area contributed by atoms with E-state index in [2.05, 4.69) is 20.6 Å². The maximum absolute atomic E-state index is 13.3. The van der Waals surface area contributed by atoms with Gasteiger partial charge < -0.3 is 10.6 Å². The summed E-state index contributed by atoms with van der Waals surface area (Å²) in [4.78, 5) is 48.2. The summed E-state index contributed by atoms with van der Waals surface area (Å²) in [5.41, 5.74) is 2.09. The largest absolute Gasteiger partial charge is 0.347 e. The molecule has 0 aliphatic heterocycles. The molecule has 1 fully saturated rings. The zero-order valence-electron chi connectivity index (χ0n) is 18.8. The molecule has 0 radical (unpaired) electrons. The molecule has 35 heavy (non-hydrogen) atoms. The number of aromatic nitrogens is 3. The molecule has 1 atom stereocenters. The lowest BCUT2D eigenvalue weighted by Crippen LogP contribution is -2.49. The molecule has 0 saturated heterocycles. The summed E-state index contributed by atoms with van der Waals surface area (Å²) in [6.07, 6.45) is 6.62. The lowest BCUT2D eigenvalue weighted by Gasteiger charge is -2.18. The van der Waals surface area contributed by atoms with Crippen LogP contribution in [0.4, 0.5) is 0 Å². The Morgan fingerprint density at radius 3 is 2.43 bits per heavy atom. The van der Waals surface area contributed by atoms with Crippen LogP contribution in [0.15, 0.2) is 79.4 Å². The van der Waals surface area contributed by atoms with Crippen molar-refractivity contribution in [1.29, 1.82) is 0 Å². The van der Waals surface area contributed by atoms with Crippen LogP contribution in [0.1, 0.15) is 28.9 Å². The second-order valence-corrected chi connectivity index (χ2v) is 9.36. The Morgan fingerprint density at radius 2 is 1.71 bits per heavy atom. The summed E-state index contributed by atoms with van der Waals surface area (Å²) < 4.78 is 1.58.